The van der Waals surface area contributed by atoms with Crippen molar-refractivity contribution in [2.24, 2.45) is 5.41 Å². The highest BCUT2D eigenvalue weighted by Crippen LogP contribution is 2.28. The van der Waals surface area contributed by atoms with E-state index in [-0.39, 0.29) is 12.3 Å². The molecule has 5 nitrogen and oxygen atoms in total. The second-order valence-electron chi connectivity index (χ2n) is 5.52. The average molecular weight is 276 g/mol. The van der Waals surface area contributed by atoms with Crippen LogP contribution in [0, 0.1) is 5.41 Å². The second-order valence-corrected chi connectivity index (χ2v) is 5.52. The first-order chi connectivity index (χ1) is 9.51. The summed E-state index contributed by atoms with van der Waals surface area (Å²) in [4.78, 5) is 23.3. The highest BCUT2D eigenvalue weighted by atomic mass is 16.4. The molecule has 1 unspecified atom stereocenters. The summed E-state index contributed by atoms with van der Waals surface area (Å²) >= 11 is 0. The molecule has 0 bridgehead atoms. The Hall–Kier alpha value is -1.88. The molecule has 0 aromatic heterocycles. The minimum atomic E-state index is -0.905. The molecular formula is C15H20N2O3. The maximum absolute atomic E-state index is 12.4. The van der Waals surface area contributed by atoms with Crippen molar-refractivity contribution in [1.82, 2.24) is 5.32 Å². The van der Waals surface area contributed by atoms with Crippen LogP contribution in [0.15, 0.2) is 24.3 Å². The van der Waals surface area contributed by atoms with Crippen LogP contribution in [-0.2, 0) is 16.0 Å². The van der Waals surface area contributed by atoms with E-state index in [1.54, 1.807) is 24.3 Å². The molecule has 1 aliphatic rings. The summed E-state index contributed by atoms with van der Waals surface area (Å²) in [6, 6.07) is 7.04. The van der Waals surface area contributed by atoms with Gasteiger partial charge in [-0.2, -0.15) is 0 Å². The third-order valence-electron chi connectivity index (χ3n) is 3.75. The number of hydrogen-bond donors (Lipinski definition) is 3. The highest BCUT2D eigenvalue weighted by Gasteiger charge is 2.34. The van der Waals surface area contributed by atoms with Gasteiger partial charge in [0.05, 0.1) is 11.8 Å². The number of piperidine rings is 1. The van der Waals surface area contributed by atoms with Gasteiger partial charge < -0.3 is 15.7 Å². The molecule has 5 heteroatoms. The van der Waals surface area contributed by atoms with Gasteiger partial charge in [-0.15, -0.1) is 0 Å². The number of aliphatic carboxylic acids is 1. The number of rotatable bonds is 4. The molecule has 1 heterocycles. The van der Waals surface area contributed by atoms with Gasteiger partial charge in [0.25, 0.3) is 0 Å². The summed E-state index contributed by atoms with van der Waals surface area (Å²) < 4.78 is 0. The third-order valence-corrected chi connectivity index (χ3v) is 3.75. The van der Waals surface area contributed by atoms with E-state index in [0.717, 1.165) is 19.4 Å². The Balaban J connectivity index is 2.13. The van der Waals surface area contributed by atoms with E-state index in [9.17, 15) is 9.59 Å². The molecule has 108 valence electrons. The fourth-order valence-corrected chi connectivity index (χ4v) is 2.48. The summed E-state index contributed by atoms with van der Waals surface area (Å²) in [5.74, 6) is -0.959. The lowest BCUT2D eigenvalue weighted by molar-refractivity contribution is -0.136. The van der Waals surface area contributed by atoms with Crippen LogP contribution in [0.1, 0.15) is 25.3 Å². The molecule has 1 fully saturated rings. The molecule has 0 spiro atoms. The number of carbonyl (C=O) groups excluding carboxylic acids is 1. The van der Waals surface area contributed by atoms with Gasteiger partial charge in [-0.05, 0) is 37.9 Å². The van der Waals surface area contributed by atoms with Crippen molar-refractivity contribution >= 4 is 17.6 Å². The van der Waals surface area contributed by atoms with Crippen molar-refractivity contribution in [3.05, 3.63) is 29.8 Å². The number of nitrogens with one attached hydrogen (secondary N) is 2. The number of para-hydroxylation sites is 1. The number of carbonyl (C=O) groups is 2. The largest absolute Gasteiger partial charge is 0.481 e. The summed E-state index contributed by atoms with van der Waals surface area (Å²) in [6.45, 7) is 3.53. The van der Waals surface area contributed by atoms with E-state index in [4.69, 9.17) is 5.11 Å². The Morgan fingerprint density at radius 3 is 2.80 bits per heavy atom. The van der Waals surface area contributed by atoms with E-state index in [2.05, 4.69) is 10.6 Å². The molecule has 3 N–H and O–H groups in total. The first-order valence-corrected chi connectivity index (χ1v) is 6.83. The van der Waals surface area contributed by atoms with Crippen molar-refractivity contribution in [1.29, 1.82) is 0 Å². The Labute approximate surface area is 118 Å². The van der Waals surface area contributed by atoms with Crippen molar-refractivity contribution < 1.29 is 14.7 Å². The van der Waals surface area contributed by atoms with Gasteiger partial charge in [0.15, 0.2) is 0 Å². The van der Waals surface area contributed by atoms with E-state index in [0.29, 0.717) is 17.8 Å². The molecule has 0 saturated carbocycles. The minimum absolute atomic E-state index is 0.0532. The number of amides is 1. The smallest absolute Gasteiger partial charge is 0.307 e. The molecule has 1 amide bonds. The SMILES string of the molecule is CC1(C(=O)Nc2ccccc2CC(=O)O)CCCNC1. The maximum atomic E-state index is 12.4. The Morgan fingerprint density at radius 1 is 1.40 bits per heavy atom. The lowest BCUT2D eigenvalue weighted by Crippen LogP contribution is -2.46. The van der Waals surface area contributed by atoms with Gasteiger partial charge in [-0.3, -0.25) is 9.59 Å². The Kier molecular flexibility index (Phi) is 4.39. The number of carboxylic acid groups (broad SMARTS) is 1. The van der Waals surface area contributed by atoms with Crippen molar-refractivity contribution in [2.45, 2.75) is 26.2 Å². The molecule has 1 saturated heterocycles. The average Bonchev–Trinajstić information content (AvgIpc) is 2.41. The van der Waals surface area contributed by atoms with Gasteiger partial charge in [0.1, 0.15) is 0 Å². The quantitative estimate of drug-likeness (QED) is 0.781. The molecule has 1 aromatic carbocycles. The standard InChI is InChI=1S/C15H20N2O3/c1-15(7-4-8-16-10-15)14(20)17-12-6-3-2-5-11(12)9-13(18)19/h2-3,5-6,16H,4,7-10H2,1H3,(H,17,20)(H,18,19). The third kappa shape index (κ3) is 3.36. The fraction of sp³-hybridized carbons (Fsp3) is 0.467. The van der Waals surface area contributed by atoms with Crippen LogP contribution in [0.4, 0.5) is 5.69 Å². The Bertz CT molecular complexity index is 508. The predicted octanol–water partition coefficient (Wildman–Crippen LogP) is 1.64. The van der Waals surface area contributed by atoms with E-state index < -0.39 is 11.4 Å². The highest BCUT2D eigenvalue weighted by molar-refractivity contribution is 5.96. The molecule has 1 atom stereocenters. The van der Waals surface area contributed by atoms with Crippen LogP contribution < -0.4 is 10.6 Å². The zero-order chi connectivity index (χ0) is 14.6. The first kappa shape index (κ1) is 14.5. The van der Waals surface area contributed by atoms with Crippen LogP contribution >= 0.6 is 0 Å². The van der Waals surface area contributed by atoms with Crippen molar-refractivity contribution in [2.75, 3.05) is 18.4 Å². The molecule has 0 radical (unpaired) electrons. The zero-order valence-corrected chi connectivity index (χ0v) is 11.6. The van der Waals surface area contributed by atoms with Gasteiger partial charge in [-0.25, -0.2) is 0 Å². The summed E-state index contributed by atoms with van der Waals surface area (Å²) in [5, 5.41) is 15.0. The van der Waals surface area contributed by atoms with E-state index in [1.165, 1.54) is 0 Å². The van der Waals surface area contributed by atoms with Crippen molar-refractivity contribution in [3.63, 3.8) is 0 Å². The van der Waals surface area contributed by atoms with Crippen LogP contribution in [0.2, 0.25) is 0 Å². The van der Waals surface area contributed by atoms with Gasteiger partial charge >= 0.3 is 5.97 Å². The second kappa shape index (κ2) is 6.05. The van der Waals surface area contributed by atoms with Crippen LogP contribution in [0.25, 0.3) is 0 Å². The van der Waals surface area contributed by atoms with Gasteiger partial charge in [0.2, 0.25) is 5.91 Å². The first-order valence-electron chi connectivity index (χ1n) is 6.83. The number of carboxylic acids is 1. The molecule has 0 aliphatic carbocycles. The lowest BCUT2D eigenvalue weighted by atomic mass is 9.82. The molecular weight excluding hydrogens is 256 g/mol. The van der Waals surface area contributed by atoms with Crippen molar-refractivity contribution in [3.8, 4) is 0 Å². The molecule has 20 heavy (non-hydrogen) atoms. The topological polar surface area (TPSA) is 78.4 Å². The zero-order valence-electron chi connectivity index (χ0n) is 11.6. The normalized spacial score (nSPS) is 22.2. The molecule has 1 aliphatic heterocycles. The van der Waals surface area contributed by atoms with Crippen LogP contribution in [0.3, 0.4) is 0 Å². The van der Waals surface area contributed by atoms with Crippen LogP contribution in [-0.4, -0.2) is 30.1 Å². The lowest BCUT2D eigenvalue weighted by Gasteiger charge is -2.32. The predicted molar refractivity (Wildman–Crippen MR) is 76.6 cm³/mol. The van der Waals surface area contributed by atoms with E-state index in [1.807, 2.05) is 6.92 Å². The fourth-order valence-electron chi connectivity index (χ4n) is 2.48. The number of hydrogen-bond acceptors (Lipinski definition) is 3. The minimum Gasteiger partial charge on any atom is -0.481 e. The number of anilines is 1. The number of benzene rings is 1. The monoisotopic (exact) mass is 276 g/mol. The van der Waals surface area contributed by atoms with Crippen LogP contribution in [0.5, 0.6) is 0 Å². The van der Waals surface area contributed by atoms with Gasteiger partial charge in [-0.1, -0.05) is 18.2 Å². The maximum Gasteiger partial charge on any atom is 0.307 e. The van der Waals surface area contributed by atoms with E-state index >= 15 is 0 Å². The molecule has 1 aromatic rings. The molecule has 2 rings (SSSR count). The summed E-state index contributed by atoms with van der Waals surface area (Å²) in [7, 11) is 0. The Morgan fingerprint density at radius 2 is 2.15 bits per heavy atom. The summed E-state index contributed by atoms with van der Waals surface area (Å²) in [6.07, 6.45) is 1.72. The summed E-state index contributed by atoms with van der Waals surface area (Å²) in [5.41, 5.74) is 0.779. The van der Waals surface area contributed by atoms with Gasteiger partial charge in [0, 0.05) is 12.2 Å².